The van der Waals surface area contributed by atoms with Crippen LogP contribution in [0.4, 0.5) is 11.4 Å². The molecule has 0 saturated heterocycles. The van der Waals surface area contributed by atoms with E-state index in [0.29, 0.717) is 6.54 Å². The maximum atomic E-state index is 13.3. The van der Waals surface area contributed by atoms with E-state index in [0.717, 1.165) is 28.1 Å². The van der Waals surface area contributed by atoms with Crippen molar-refractivity contribution in [3.63, 3.8) is 0 Å². The Bertz CT molecular complexity index is 1300. The molecule has 0 aromatic heterocycles. The zero-order valence-electron chi connectivity index (χ0n) is 19.7. The molecular formula is C31H28N2O2. The third kappa shape index (κ3) is 7.02. The van der Waals surface area contributed by atoms with Gasteiger partial charge in [0, 0.05) is 17.5 Å². The summed E-state index contributed by atoms with van der Waals surface area (Å²) in [4.78, 5) is 27.6. The van der Waals surface area contributed by atoms with Gasteiger partial charge >= 0.3 is 0 Å². The van der Waals surface area contributed by atoms with E-state index in [9.17, 15) is 9.59 Å². The highest BCUT2D eigenvalue weighted by Gasteiger charge is 2.15. The number of hydrogen-bond acceptors (Lipinski definition) is 2. The second-order valence-corrected chi connectivity index (χ2v) is 8.41. The van der Waals surface area contributed by atoms with Crippen LogP contribution in [0, 0.1) is 6.92 Å². The molecule has 0 radical (unpaired) electrons. The first-order chi connectivity index (χ1) is 17.1. The van der Waals surface area contributed by atoms with Gasteiger partial charge in [-0.2, -0.15) is 0 Å². The van der Waals surface area contributed by atoms with Gasteiger partial charge in [-0.25, -0.2) is 0 Å². The molecule has 0 spiro atoms. The fourth-order valence-corrected chi connectivity index (χ4v) is 3.74. The largest absolute Gasteiger partial charge is 0.326 e. The Morgan fingerprint density at radius 1 is 0.771 bits per heavy atom. The van der Waals surface area contributed by atoms with Gasteiger partial charge in [0.25, 0.3) is 5.91 Å². The van der Waals surface area contributed by atoms with Crippen LogP contribution in [0.3, 0.4) is 0 Å². The lowest BCUT2D eigenvalue weighted by Crippen LogP contribution is -2.29. The van der Waals surface area contributed by atoms with E-state index in [1.807, 2.05) is 122 Å². The van der Waals surface area contributed by atoms with Crippen LogP contribution in [0.5, 0.6) is 0 Å². The lowest BCUT2D eigenvalue weighted by molar-refractivity contribution is -0.115. The van der Waals surface area contributed by atoms with Gasteiger partial charge in [-0.05, 0) is 54.0 Å². The Hall–Kier alpha value is -4.44. The van der Waals surface area contributed by atoms with Crippen LogP contribution in [0.15, 0.2) is 115 Å². The summed E-state index contributed by atoms with van der Waals surface area (Å²) in [6.45, 7) is 2.47. The predicted octanol–water partition coefficient (Wildman–Crippen LogP) is 6.42. The minimum atomic E-state index is -0.125. The quantitative estimate of drug-likeness (QED) is 0.308. The number of benzene rings is 4. The molecule has 4 aromatic rings. The van der Waals surface area contributed by atoms with Gasteiger partial charge in [0.05, 0.1) is 13.0 Å². The van der Waals surface area contributed by atoms with Crippen molar-refractivity contribution in [2.45, 2.75) is 19.9 Å². The molecule has 0 aliphatic heterocycles. The first-order valence-electron chi connectivity index (χ1n) is 11.6. The number of rotatable bonds is 8. The number of carbonyl (C=O) groups is 2. The van der Waals surface area contributed by atoms with E-state index in [4.69, 9.17) is 0 Å². The maximum absolute atomic E-state index is 13.3. The van der Waals surface area contributed by atoms with Crippen molar-refractivity contribution >= 4 is 29.3 Å². The minimum Gasteiger partial charge on any atom is -0.326 e. The molecule has 4 nitrogen and oxygen atoms in total. The van der Waals surface area contributed by atoms with E-state index in [-0.39, 0.29) is 18.2 Å². The Kier molecular flexibility index (Phi) is 7.87. The average Bonchev–Trinajstić information content (AvgIpc) is 2.88. The average molecular weight is 461 g/mol. The van der Waals surface area contributed by atoms with Crippen LogP contribution in [0.25, 0.3) is 6.08 Å². The van der Waals surface area contributed by atoms with Crippen molar-refractivity contribution in [2.75, 3.05) is 10.2 Å². The van der Waals surface area contributed by atoms with E-state index < -0.39 is 0 Å². The molecule has 2 amide bonds. The molecule has 0 fully saturated rings. The molecule has 35 heavy (non-hydrogen) atoms. The molecule has 0 saturated carbocycles. The highest BCUT2D eigenvalue weighted by atomic mass is 16.2. The normalized spacial score (nSPS) is 10.8. The predicted molar refractivity (Wildman–Crippen MR) is 143 cm³/mol. The number of anilines is 2. The van der Waals surface area contributed by atoms with E-state index in [1.54, 1.807) is 11.0 Å². The minimum absolute atomic E-state index is 0.103. The molecule has 0 atom stereocenters. The number of nitrogens with zero attached hydrogens (tertiary/aromatic N) is 1. The summed E-state index contributed by atoms with van der Waals surface area (Å²) < 4.78 is 0. The standard InChI is InChI=1S/C31H28N2O2/c1-24-15-17-26(18-16-24)23-33(31(35)20-19-25-9-4-2-5-10-25)29-14-8-11-27(21-29)22-30(34)32-28-12-6-3-7-13-28/h2-21H,22-23H2,1H3,(H,32,34)/b20-19+. The SMILES string of the molecule is Cc1ccc(CN(C(=O)/C=C/c2ccccc2)c2cccc(CC(=O)Nc3ccccc3)c2)cc1. The summed E-state index contributed by atoms with van der Waals surface area (Å²) in [5.41, 5.74) is 5.51. The Balaban J connectivity index is 1.56. The van der Waals surface area contributed by atoms with Crippen molar-refractivity contribution in [1.82, 2.24) is 0 Å². The molecule has 174 valence electrons. The van der Waals surface area contributed by atoms with Gasteiger partial charge in [0.1, 0.15) is 0 Å². The molecular weight excluding hydrogens is 432 g/mol. The van der Waals surface area contributed by atoms with Gasteiger partial charge < -0.3 is 10.2 Å². The van der Waals surface area contributed by atoms with Gasteiger partial charge in [0.15, 0.2) is 0 Å². The Morgan fingerprint density at radius 2 is 1.46 bits per heavy atom. The molecule has 0 aliphatic carbocycles. The monoisotopic (exact) mass is 460 g/mol. The fourth-order valence-electron chi connectivity index (χ4n) is 3.74. The van der Waals surface area contributed by atoms with Gasteiger partial charge in [-0.1, -0.05) is 90.5 Å². The molecule has 0 bridgehead atoms. The van der Waals surface area contributed by atoms with E-state index in [2.05, 4.69) is 5.32 Å². The van der Waals surface area contributed by atoms with Crippen LogP contribution in [-0.2, 0) is 22.6 Å². The molecule has 1 N–H and O–H groups in total. The topological polar surface area (TPSA) is 49.4 Å². The molecule has 4 aromatic carbocycles. The molecule has 0 unspecified atom stereocenters. The van der Waals surface area contributed by atoms with Crippen LogP contribution in [-0.4, -0.2) is 11.8 Å². The zero-order chi connectivity index (χ0) is 24.5. The van der Waals surface area contributed by atoms with Crippen LogP contribution in [0.1, 0.15) is 22.3 Å². The van der Waals surface area contributed by atoms with Crippen molar-refractivity contribution in [3.05, 3.63) is 138 Å². The third-order valence-corrected chi connectivity index (χ3v) is 5.59. The maximum Gasteiger partial charge on any atom is 0.251 e. The number of para-hydroxylation sites is 1. The number of amides is 2. The summed E-state index contributed by atoms with van der Waals surface area (Å²) >= 11 is 0. The second-order valence-electron chi connectivity index (χ2n) is 8.41. The van der Waals surface area contributed by atoms with Crippen LogP contribution >= 0.6 is 0 Å². The summed E-state index contributed by atoms with van der Waals surface area (Å²) in [5.74, 6) is -0.228. The lowest BCUT2D eigenvalue weighted by atomic mass is 10.1. The third-order valence-electron chi connectivity index (χ3n) is 5.59. The summed E-state index contributed by atoms with van der Waals surface area (Å²) in [5, 5.41) is 2.91. The van der Waals surface area contributed by atoms with E-state index >= 15 is 0 Å². The summed E-state index contributed by atoms with van der Waals surface area (Å²) in [7, 11) is 0. The molecule has 0 aliphatic rings. The smallest absolute Gasteiger partial charge is 0.251 e. The van der Waals surface area contributed by atoms with E-state index in [1.165, 1.54) is 5.56 Å². The summed E-state index contributed by atoms with van der Waals surface area (Å²) in [6.07, 6.45) is 3.63. The number of carbonyl (C=O) groups excluding carboxylic acids is 2. The van der Waals surface area contributed by atoms with Crippen molar-refractivity contribution in [3.8, 4) is 0 Å². The number of nitrogens with one attached hydrogen (secondary N) is 1. The van der Waals surface area contributed by atoms with Gasteiger partial charge in [-0.15, -0.1) is 0 Å². The summed E-state index contributed by atoms with van der Waals surface area (Å²) in [6, 6.07) is 34.9. The van der Waals surface area contributed by atoms with Gasteiger partial charge in [0.2, 0.25) is 5.91 Å². The molecule has 4 rings (SSSR count). The number of hydrogen-bond donors (Lipinski definition) is 1. The lowest BCUT2D eigenvalue weighted by Gasteiger charge is -2.22. The van der Waals surface area contributed by atoms with Crippen molar-refractivity contribution in [1.29, 1.82) is 0 Å². The molecule has 0 heterocycles. The number of aryl methyl sites for hydroxylation is 1. The van der Waals surface area contributed by atoms with Crippen LogP contribution in [0.2, 0.25) is 0 Å². The molecule has 4 heteroatoms. The first kappa shape index (κ1) is 23.7. The van der Waals surface area contributed by atoms with Gasteiger partial charge in [-0.3, -0.25) is 9.59 Å². The highest BCUT2D eigenvalue weighted by molar-refractivity contribution is 6.04. The van der Waals surface area contributed by atoms with Crippen molar-refractivity contribution in [2.24, 2.45) is 0 Å². The Morgan fingerprint density at radius 3 is 2.17 bits per heavy atom. The second kappa shape index (κ2) is 11.6. The fraction of sp³-hybridized carbons (Fsp3) is 0.0968. The first-order valence-corrected chi connectivity index (χ1v) is 11.6. The highest BCUT2D eigenvalue weighted by Crippen LogP contribution is 2.21. The van der Waals surface area contributed by atoms with Crippen LogP contribution < -0.4 is 10.2 Å². The Labute approximate surface area is 206 Å². The zero-order valence-corrected chi connectivity index (χ0v) is 19.7. The van der Waals surface area contributed by atoms with Crippen molar-refractivity contribution < 1.29 is 9.59 Å².